The summed E-state index contributed by atoms with van der Waals surface area (Å²) < 4.78 is 27.8. The van der Waals surface area contributed by atoms with Crippen molar-refractivity contribution < 1.29 is 23.8 Å². The molecule has 0 spiro atoms. The van der Waals surface area contributed by atoms with Crippen molar-refractivity contribution in [3.63, 3.8) is 0 Å². The Morgan fingerprint density at radius 3 is 2.66 bits per heavy atom. The third-order valence-corrected chi connectivity index (χ3v) is 7.93. The molecule has 2 aliphatic heterocycles. The standard InChI is InChI=1S/C31H30FN5O4/c32-25-14-21(17-33)4-5-23(25)19-41-30-3-1-2-28(35-30)36-11-8-20(9-12-36)15-29-34-26-7-6-22(31(38)39)16-27(26)37(29)18-24-10-13-40-24/h1-7,14,16,20,24H,8-13,15,18-19H2,(H,38,39)/t24-/m0/s1. The zero-order valence-electron chi connectivity index (χ0n) is 22.5. The van der Waals surface area contributed by atoms with Crippen molar-refractivity contribution in [1.82, 2.24) is 14.5 Å². The Hall–Kier alpha value is -4.49. The van der Waals surface area contributed by atoms with Crippen LogP contribution in [0.4, 0.5) is 10.2 Å². The Kier molecular flexibility index (Phi) is 7.53. The summed E-state index contributed by atoms with van der Waals surface area (Å²) in [5, 5.41) is 18.4. The molecule has 41 heavy (non-hydrogen) atoms. The van der Waals surface area contributed by atoms with Crippen molar-refractivity contribution in [3.8, 4) is 11.9 Å². The number of carbonyl (C=O) groups is 1. The number of aromatic carboxylic acids is 1. The van der Waals surface area contributed by atoms with E-state index in [1.54, 1.807) is 36.4 Å². The molecule has 0 saturated carbocycles. The van der Waals surface area contributed by atoms with Crippen LogP contribution < -0.4 is 9.64 Å². The SMILES string of the molecule is N#Cc1ccc(COc2cccc(N3CCC(Cc4nc5ccc(C(=O)O)cc5n4C[C@@H]4CCO4)CC3)n2)c(F)c1. The largest absolute Gasteiger partial charge is 0.478 e. The van der Waals surface area contributed by atoms with Crippen molar-refractivity contribution in [3.05, 3.63) is 82.9 Å². The number of nitriles is 1. The highest BCUT2D eigenvalue weighted by Crippen LogP contribution is 2.29. The summed E-state index contributed by atoms with van der Waals surface area (Å²) in [5.74, 6) is 1.22. The molecule has 4 heterocycles. The minimum Gasteiger partial charge on any atom is -0.478 e. The maximum absolute atomic E-state index is 14.2. The molecular weight excluding hydrogens is 525 g/mol. The summed E-state index contributed by atoms with van der Waals surface area (Å²) in [6, 6.07) is 17.0. The summed E-state index contributed by atoms with van der Waals surface area (Å²) in [4.78, 5) is 23.4. The molecule has 2 aromatic heterocycles. The van der Waals surface area contributed by atoms with Gasteiger partial charge in [0.1, 0.15) is 24.1 Å². The van der Waals surface area contributed by atoms with Gasteiger partial charge < -0.3 is 24.0 Å². The summed E-state index contributed by atoms with van der Waals surface area (Å²) in [5.41, 5.74) is 2.55. The second-order valence-electron chi connectivity index (χ2n) is 10.6. The number of ether oxygens (including phenoxy) is 2. The molecule has 0 amide bonds. The van der Waals surface area contributed by atoms with Crippen molar-refractivity contribution in [2.75, 3.05) is 24.6 Å². The van der Waals surface area contributed by atoms with Gasteiger partial charge >= 0.3 is 5.97 Å². The van der Waals surface area contributed by atoms with Gasteiger partial charge in [0.25, 0.3) is 0 Å². The van der Waals surface area contributed by atoms with Gasteiger partial charge in [0, 0.05) is 37.7 Å². The van der Waals surface area contributed by atoms with Crippen LogP contribution >= 0.6 is 0 Å². The molecule has 210 valence electrons. The number of anilines is 1. The number of aromatic nitrogens is 3. The van der Waals surface area contributed by atoms with E-state index >= 15 is 0 Å². The van der Waals surface area contributed by atoms with E-state index in [0.717, 1.165) is 68.1 Å². The number of carboxylic acid groups (broad SMARTS) is 1. The van der Waals surface area contributed by atoms with Gasteiger partial charge in [0.2, 0.25) is 5.88 Å². The summed E-state index contributed by atoms with van der Waals surface area (Å²) in [6.07, 6.45) is 3.87. The van der Waals surface area contributed by atoms with Gasteiger partial charge in [-0.25, -0.2) is 14.2 Å². The van der Waals surface area contributed by atoms with Crippen molar-refractivity contribution in [2.45, 2.75) is 44.9 Å². The zero-order chi connectivity index (χ0) is 28.3. The number of hydrogen-bond donors (Lipinski definition) is 1. The van der Waals surface area contributed by atoms with Gasteiger partial charge in [-0.15, -0.1) is 0 Å². The fourth-order valence-corrected chi connectivity index (χ4v) is 5.47. The number of nitrogens with zero attached hydrogens (tertiary/aromatic N) is 5. The lowest BCUT2D eigenvalue weighted by Crippen LogP contribution is -2.35. The molecule has 0 radical (unpaired) electrons. The summed E-state index contributed by atoms with van der Waals surface area (Å²) in [7, 11) is 0. The van der Waals surface area contributed by atoms with Crippen LogP contribution in [0.3, 0.4) is 0 Å². The second kappa shape index (κ2) is 11.6. The Morgan fingerprint density at radius 2 is 1.95 bits per heavy atom. The Labute approximate surface area is 236 Å². The Morgan fingerprint density at radius 1 is 1.12 bits per heavy atom. The fourth-order valence-electron chi connectivity index (χ4n) is 5.47. The van der Waals surface area contributed by atoms with Crippen LogP contribution in [0, 0.1) is 23.1 Å². The molecule has 6 rings (SSSR count). The van der Waals surface area contributed by atoms with E-state index in [0.29, 0.717) is 23.9 Å². The Bertz CT molecular complexity index is 1620. The first kappa shape index (κ1) is 26.7. The highest BCUT2D eigenvalue weighted by Gasteiger charge is 2.26. The highest BCUT2D eigenvalue weighted by atomic mass is 19.1. The molecule has 2 aromatic carbocycles. The lowest BCUT2D eigenvalue weighted by atomic mass is 9.93. The average molecular weight is 556 g/mol. The van der Waals surface area contributed by atoms with Crippen molar-refractivity contribution in [1.29, 1.82) is 5.26 Å². The van der Waals surface area contributed by atoms with Crippen molar-refractivity contribution >= 4 is 22.8 Å². The van der Waals surface area contributed by atoms with Crippen LogP contribution in [0.2, 0.25) is 0 Å². The van der Waals surface area contributed by atoms with Crippen LogP contribution in [0.5, 0.6) is 5.88 Å². The van der Waals surface area contributed by atoms with Crippen molar-refractivity contribution in [2.24, 2.45) is 5.92 Å². The number of halogens is 1. The third kappa shape index (κ3) is 5.86. The molecule has 10 heteroatoms. The maximum Gasteiger partial charge on any atom is 0.335 e. The molecule has 9 nitrogen and oxygen atoms in total. The average Bonchev–Trinajstić information content (AvgIpc) is 3.30. The lowest BCUT2D eigenvalue weighted by Gasteiger charge is -2.33. The van der Waals surface area contributed by atoms with E-state index < -0.39 is 11.8 Å². The van der Waals surface area contributed by atoms with Gasteiger partial charge in [-0.3, -0.25) is 0 Å². The zero-order valence-corrected chi connectivity index (χ0v) is 22.5. The van der Waals surface area contributed by atoms with Crippen LogP contribution in [-0.2, 0) is 24.3 Å². The highest BCUT2D eigenvalue weighted by molar-refractivity contribution is 5.92. The van der Waals surface area contributed by atoms with Crippen LogP contribution in [0.1, 0.15) is 46.6 Å². The van der Waals surface area contributed by atoms with Crippen LogP contribution in [0.25, 0.3) is 11.0 Å². The first-order valence-corrected chi connectivity index (χ1v) is 13.8. The number of hydrogen-bond acceptors (Lipinski definition) is 7. The first-order valence-electron chi connectivity index (χ1n) is 13.8. The van der Waals surface area contributed by atoms with Crippen LogP contribution in [0.15, 0.2) is 54.6 Å². The molecule has 0 bridgehead atoms. The quantitative estimate of drug-likeness (QED) is 0.308. The number of pyridine rings is 1. The van der Waals surface area contributed by atoms with Gasteiger partial charge in [0.15, 0.2) is 0 Å². The lowest BCUT2D eigenvalue weighted by molar-refractivity contribution is -0.0590. The molecule has 2 aliphatic rings. The molecule has 1 N–H and O–H groups in total. The first-order chi connectivity index (χ1) is 20.0. The van der Waals surface area contributed by atoms with Gasteiger partial charge in [-0.05, 0) is 61.6 Å². The van der Waals surface area contributed by atoms with E-state index in [9.17, 15) is 14.3 Å². The minimum atomic E-state index is -0.946. The summed E-state index contributed by atoms with van der Waals surface area (Å²) in [6.45, 7) is 3.13. The van der Waals surface area contributed by atoms with E-state index in [4.69, 9.17) is 19.7 Å². The normalized spacial score (nSPS) is 17.3. The molecule has 4 aromatic rings. The molecule has 2 fully saturated rings. The monoisotopic (exact) mass is 555 g/mol. The van der Waals surface area contributed by atoms with Gasteiger partial charge in [0.05, 0.1) is 40.9 Å². The van der Waals surface area contributed by atoms with Crippen LogP contribution in [-0.4, -0.2) is 51.4 Å². The fraction of sp³-hybridized carbons (Fsp3) is 0.355. The number of fused-ring (bicyclic) bond motifs is 1. The number of carboxylic acids is 1. The number of benzene rings is 2. The summed E-state index contributed by atoms with van der Waals surface area (Å²) >= 11 is 0. The number of imidazole rings is 1. The third-order valence-electron chi connectivity index (χ3n) is 7.93. The smallest absolute Gasteiger partial charge is 0.335 e. The predicted octanol–water partition coefficient (Wildman–Crippen LogP) is 4.97. The van der Waals surface area contributed by atoms with Gasteiger partial charge in [-0.2, -0.15) is 10.2 Å². The van der Waals surface area contributed by atoms with Gasteiger partial charge in [-0.1, -0.05) is 12.1 Å². The molecular formula is C31H30FN5O4. The van der Waals surface area contributed by atoms with E-state index in [1.165, 1.54) is 6.07 Å². The Balaban J connectivity index is 1.10. The topological polar surface area (TPSA) is 114 Å². The molecule has 0 unspecified atom stereocenters. The predicted molar refractivity (Wildman–Crippen MR) is 149 cm³/mol. The number of piperidine rings is 1. The van der Waals surface area contributed by atoms with E-state index in [-0.39, 0.29) is 23.8 Å². The van der Waals surface area contributed by atoms with E-state index in [2.05, 4.69) is 14.5 Å². The second-order valence-corrected chi connectivity index (χ2v) is 10.6. The maximum atomic E-state index is 14.2. The number of rotatable bonds is 9. The minimum absolute atomic E-state index is 0.0247. The molecule has 2 saturated heterocycles. The molecule has 0 aliphatic carbocycles. The van der Waals surface area contributed by atoms with E-state index in [1.807, 2.05) is 18.2 Å². The molecule has 1 atom stereocenters.